The van der Waals surface area contributed by atoms with Crippen molar-refractivity contribution >= 4 is 17.5 Å². The summed E-state index contributed by atoms with van der Waals surface area (Å²) in [5, 5.41) is 31.0. The number of rotatable bonds is 8. The van der Waals surface area contributed by atoms with Gasteiger partial charge in [-0.05, 0) is 81.1 Å². The van der Waals surface area contributed by atoms with Crippen LogP contribution in [0.1, 0.15) is 93.9 Å². The van der Waals surface area contributed by atoms with Gasteiger partial charge in [0.25, 0.3) is 0 Å². The van der Waals surface area contributed by atoms with E-state index < -0.39 is 35.5 Å². The lowest BCUT2D eigenvalue weighted by atomic mass is 9.46. The Balaban J connectivity index is 1.37. The van der Waals surface area contributed by atoms with Crippen LogP contribution in [0, 0.1) is 46.3 Å². The van der Waals surface area contributed by atoms with E-state index in [1.165, 1.54) is 13.8 Å². The van der Waals surface area contributed by atoms with E-state index in [2.05, 4.69) is 13.8 Å². The van der Waals surface area contributed by atoms with Gasteiger partial charge in [0.05, 0.1) is 17.6 Å². The highest BCUT2D eigenvalue weighted by Gasteiger charge is 2.80. The first-order valence-corrected chi connectivity index (χ1v) is 15.7. The second-order valence-corrected chi connectivity index (χ2v) is 15.4. The van der Waals surface area contributed by atoms with Crippen LogP contribution < -0.4 is 0 Å². The molecule has 0 unspecified atom stereocenters. The summed E-state index contributed by atoms with van der Waals surface area (Å²) in [7, 11) is 0. The highest BCUT2D eigenvalue weighted by Crippen LogP contribution is 2.75. The maximum Gasteiger partial charge on any atom is 0.338 e. The van der Waals surface area contributed by atoms with E-state index in [0.717, 1.165) is 24.8 Å². The molecule has 1 saturated heterocycles. The molecule has 230 valence electrons. The Morgan fingerprint density at radius 2 is 1.76 bits per heavy atom. The molecule has 8 nitrogen and oxygen atoms in total. The molecule has 5 rings (SSSR count). The quantitative estimate of drug-likeness (QED) is 0.295. The largest absolute Gasteiger partial charge is 0.460 e. The number of aliphatic hydroxyl groups is 3. The van der Waals surface area contributed by atoms with Gasteiger partial charge in [-0.2, -0.15) is 0 Å². The molecule has 0 bridgehead atoms. The van der Waals surface area contributed by atoms with Crippen LogP contribution in [0.4, 0.5) is 0 Å². The van der Waals surface area contributed by atoms with Crippen molar-refractivity contribution in [2.24, 2.45) is 46.3 Å². The molecule has 8 heteroatoms. The Kier molecular flexibility index (Phi) is 7.49. The topological polar surface area (TPSA) is 134 Å². The average molecular weight is 575 g/mol. The molecule has 4 fully saturated rings. The first-order valence-electron chi connectivity index (χ1n) is 15.7. The Bertz CT molecular complexity index is 1140. The number of ether oxygens (including phenoxy) is 2. The first-order chi connectivity index (χ1) is 18.9. The summed E-state index contributed by atoms with van der Waals surface area (Å²) in [6.07, 6.45) is 2.76. The number of carbonyl (C=O) groups excluding carboxylic acids is 3. The number of fused-ring (bicyclic) bond motifs is 3. The zero-order valence-corrected chi connectivity index (χ0v) is 26.0. The van der Waals surface area contributed by atoms with Crippen molar-refractivity contribution in [3.63, 3.8) is 0 Å². The Labute approximate surface area is 244 Å². The van der Waals surface area contributed by atoms with Crippen molar-refractivity contribution in [2.75, 3.05) is 0 Å². The van der Waals surface area contributed by atoms with Gasteiger partial charge in [0.1, 0.15) is 17.8 Å². The number of hydrogen-bond acceptors (Lipinski definition) is 8. The van der Waals surface area contributed by atoms with Crippen molar-refractivity contribution in [1.29, 1.82) is 0 Å². The van der Waals surface area contributed by atoms with Crippen molar-refractivity contribution in [2.45, 2.75) is 130 Å². The van der Waals surface area contributed by atoms with Crippen LogP contribution >= 0.6 is 0 Å². The standard InChI is InChI=1S/C33H50O8/c1-16(2)17(3)26(35)27(36)18(4)21-9-10-22-25-23(34)14-19-13-20(40-29(38)28(37)30(5,6)39)11-12-32(19,8)33(25)24(41-33)15-31(21,22)7/h14,16-18,20-22,24-26,28,35,37,39H,9-13,15H2,1-8H3/t17-,18+,20+,21-,22+,24-,25+,26+,28-,31-,32+,33-/m1/s1. The normalized spacial score (nSPS) is 42.6. The summed E-state index contributed by atoms with van der Waals surface area (Å²) in [6.45, 7) is 15.1. The summed E-state index contributed by atoms with van der Waals surface area (Å²) in [6, 6.07) is 0. The fourth-order valence-corrected chi connectivity index (χ4v) is 9.39. The molecule has 1 heterocycles. The number of Topliss-reactive ketones (excluding diaryl/α,β-unsaturated/α-hetero) is 1. The van der Waals surface area contributed by atoms with Gasteiger partial charge in [0.2, 0.25) is 0 Å². The van der Waals surface area contributed by atoms with E-state index in [-0.39, 0.29) is 64.0 Å². The van der Waals surface area contributed by atoms with Gasteiger partial charge in [0.15, 0.2) is 17.7 Å². The minimum atomic E-state index is -1.65. The summed E-state index contributed by atoms with van der Waals surface area (Å²) in [5.74, 6) is -1.18. The van der Waals surface area contributed by atoms with Crippen LogP contribution in [-0.2, 0) is 23.9 Å². The van der Waals surface area contributed by atoms with E-state index in [4.69, 9.17) is 9.47 Å². The first kappa shape index (κ1) is 30.8. The molecule has 1 aliphatic heterocycles. The molecule has 12 atom stereocenters. The third-order valence-electron chi connectivity index (χ3n) is 12.4. The number of ketones is 2. The van der Waals surface area contributed by atoms with E-state index >= 15 is 0 Å². The second kappa shape index (κ2) is 9.96. The minimum absolute atomic E-state index is 0.0625. The molecule has 0 aromatic carbocycles. The average Bonchev–Trinajstić information content (AvgIpc) is 3.51. The Morgan fingerprint density at radius 3 is 2.37 bits per heavy atom. The zero-order valence-electron chi connectivity index (χ0n) is 26.0. The maximum absolute atomic E-state index is 13.9. The molecule has 0 radical (unpaired) electrons. The van der Waals surface area contributed by atoms with E-state index in [0.29, 0.717) is 19.3 Å². The highest BCUT2D eigenvalue weighted by molar-refractivity contribution is 5.96. The number of carbonyl (C=O) groups is 3. The third-order valence-corrected chi connectivity index (χ3v) is 12.4. The van der Waals surface area contributed by atoms with Gasteiger partial charge in [-0.3, -0.25) is 9.59 Å². The summed E-state index contributed by atoms with van der Waals surface area (Å²) in [5.41, 5.74) is -1.84. The maximum atomic E-state index is 13.9. The van der Waals surface area contributed by atoms with Gasteiger partial charge in [-0.1, -0.05) is 47.1 Å². The van der Waals surface area contributed by atoms with E-state index in [1.807, 2.05) is 27.7 Å². The van der Waals surface area contributed by atoms with E-state index in [9.17, 15) is 29.7 Å². The van der Waals surface area contributed by atoms with Crippen molar-refractivity contribution in [3.8, 4) is 0 Å². The Morgan fingerprint density at radius 1 is 1.10 bits per heavy atom. The van der Waals surface area contributed by atoms with Gasteiger partial charge < -0.3 is 24.8 Å². The number of esters is 1. The highest BCUT2D eigenvalue weighted by atomic mass is 16.6. The smallest absolute Gasteiger partial charge is 0.338 e. The van der Waals surface area contributed by atoms with Crippen LogP contribution in [0.5, 0.6) is 0 Å². The molecule has 3 saturated carbocycles. The minimum Gasteiger partial charge on any atom is -0.460 e. The lowest BCUT2D eigenvalue weighted by molar-refractivity contribution is -0.173. The van der Waals surface area contributed by atoms with E-state index in [1.54, 1.807) is 6.08 Å². The predicted octanol–water partition coefficient (Wildman–Crippen LogP) is 3.78. The lowest BCUT2D eigenvalue weighted by Crippen LogP contribution is -2.60. The molecule has 1 spiro atoms. The second-order valence-electron chi connectivity index (χ2n) is 15.4. The number of aliphatic hydroxyl groups excluding tert-OH is 2. The van der Waals surface area contributed by atoms with Crippen LogP contribution in [0.3, 0.4) is 0 Å². The van der Waals surface area contributed by atoms with Crippen LogP contribution in [0.15, 0.2) is 11.6 Å². The van der Waals surface area contributed by atoms with Gasteiger partial charge >= 0.3 is 5.97 Å². The molecule has 4 aliphatic carbocycles. The molecule has 3 N–H and O–H groups in total. The molecular formula is C33H50O8. The van der Waals surface area contributed by atoms with Gasteiger partial charge in [-0.15, -0.1) is 0 Å². The molecular weight excluding hydrogens is 524 g/mol. The third kappa shape index (κ3) is 4.49. The summed E-state index contributed by atoms with van der Waals surface area (Å²) < 4.78 is 12.2. The fraction of sp³-hybridized carbons (Fsp3) is 0.848. The predicted molar refractivity (Wildman–Crippen MR) is 151 cm³/mol. The van der Waals surface area contributed by atoms with Crippen molar-refractivity contribution in [3.05, 3.63) is 11.6 Å². The molecule has 0 aromatic heterocycles. The molecule has 5 aliphatic rings. The van der Waals surface area contributed by atoms with Crippen LogP contribution in [-0.4, -0.2) is 68.5 Å². The molecule has 41 heavy (non-hydrogen) atoms. The summed E-state index contributed by atoms with van der Waals surface area (Å²) >= 11 is 0. The monoisotopic (exact) mass is 574 g/mol. The Hall–Kier alpha value is -1.61. The van der Waals surface area contributed by atoms with Crippen molar-refractivity contribution < 1.29 is 39.2 Å². The number of allylic oxidation sites excluding steroid dienone is 1. The van der Waals surface area contributed by atoms with Gasteiger partial charge in [0, 0.05) is 17.8 Å². The SMILES string of the molecule is CC(C)[C@@H](C)[C@H](O)C(=O)[C@@H](C)[C@H]1CC[C@H]2[C@H]3C(=O)C=C4C[C@@H](OC(=O)[C@@H](O)C(C)(C)O)CC[C@]4(C)[C@]34O[C@@H]4C[C@]12C. The van der Waals surface area contributed by atoms with Gasteiger partial charge in [-0.25, -0.2) is 4.79 Å². The summed E-state index contributed by atoms with van der Waals surface area (Å²) in [4.78, 5) is 39.9. The number of epoxide rings is 1. The fourth-order valence-electron chi connectivity index (χ4n) is 9.39. The molecule has 0 aromatic rings. The zero-order chi connectivity index (χ0) is 30.4. The van der Waals surface area contributed by atoms with Crippen LogP contribution in [0.2, 0.25) is 0 Å². The van der Waals surface area contributed by atoms with Crippen LogP contribution in [0.25, 0.3) is 0 Å². The number of hydrogen-bond donors (Lipinski definition) is 3. The lowest BCUT2D eigenvalue weighted by Gasteiger charge is -2.55. The molecule has 0 amide bonds. The van der Waals surface area contributed by atoms with Crippen molar-refractivity contribution in [1.82, 2.24) is 0 Å².